The van der Waals surface area contributed by atoms with Crippen LogP contribution in [-0.4, -0.2) is 42.4 Å². The summed E-state index contributed by atoms with van der Waals surface area (Å²) in [4.78, 5) is 21.3. The molecule has 0 radical (unpaired) electrons. The van der Waals surface area contributed by atoms with Crippen LogP contribution in [0.2, 0.25) is 10.0 Å². The SMILES string of the molecule is COc1ccc(COc2nc(N3CCC(C)(NC(=O)OC(C)(C)C)CC3)cc(C)c2Sc2cccc(Cl)c2Cl)cc1. The molecular weight excluding hydrogens is 581 g/mol. The topological polar surface area (TPSA) is 72.9 Å². The summed E-state index contributed by atoms with van der Waals surface area (Å²) in [5.41, 5.74) is 1.11. The number of aryl methyl sites for hydroxylation is 1. The zero-order valence-electron chi connectivity index (χ0n) is 24.3. The first-order chi connectivity index (χ1) is 19.4. The Hall–Kier alpha value is -2.81. The molecule has 1 aliphatic rings. The van der Waals surface area contributed by atoms with Crippen molar-refractivity contribution in [1.29, 1.82) is 0 Å². The number of rotatable bonds is 8. The quantitative estimate of drug-likeness (QED) is 0.272. The van der Waals surface area contributed by atoms with Gasteiger partial charge in [-0.2, -0.15) is 4.98 Å². The number of nitrogens with zero attached hydrogens (tertiary/aromatic N) is 2. The molecule has 0 aliphatic carbocycles. The average molecular weight is 619 g/mol. The normalized spacial score (nSPS) is 14.9. The molecule has 1 saturated heterocycles. The molecule has 1 amide bonds. The van der Waals surface area contributed by atoms with Crippen LogP contribution in [0.3, 0.4) is 0 Å². The lowest BCUT2D eigenvalue weighted by Crippen LogP contribution is -2.54. The lowest BCUT2D eigenvalue weighted by atomic mass is 9.90. The largest absolute Gasteiger partial charge is 0.497 e. The van der Waals surface area contributed by atoms with Crippen LogP contribution in [0.4, 0.5) is 10.6 Å². The Morgan fingerprint density at radius 2 is 1.80 bits per heavy atom. The van der Waals surface area contributed by atoms with E-state index >= 15 is 0 Å². The highest BCUT2D eigenvalue weighted by Crippen LogP contribution is 2.43. The molecule has 1 N–H and O–H groups in total. The second kappa shape index (κ2) is 13.0. The van der Waals surface area contributed by atoms with E-state index in [4.69, 9.17) is 42.4 Å². The summed E-state index contributed by atoms with van der Waals surface area (Å²) in [5.74, 6) is 2.14. The van der Waals surface area contributed by atoms with Crippen molar-refractivity contribution in [2.24, 2.45) is 0 Å². The molecule has 1 fully saturated rings. The van der Waals surface area contributed by atoms with Gasteiger partial charge in [-0.25, -0.2) is 4.79 Å². The number of benzene rings is 2. The van der Waals surface area contributed by atoms with Gasteiger partial charge in [0.05, 0.1) is 22.1 Å². The number of pyridine rings is 1. The van der Waals surface area contributed by atoms with Gasteiger partial charge in [0.2, 0.25) is 5.88 Å². The van der Waals surface area contributed by atoms with Gasteiger partial charge < -0.3 is 24.4 Å². The monoisotopic (exact) mass is 617 g/mol. The first-order valence-corrected chi connectivity index (χ1v) is 15.1. The minimum atomic E-state index is -0.542. The number of piperidine rings is 1. The number of ether oxygens (including phenoxy) is 3. The Kier molecular flexibility index (Phi) is 9.88. The first-order valence-electron chi connectivity index (χ1n) is 13.5. The van der Waals surface area contributed by atoms with Gasteiger partial charge >= 0.3 is 6.09 Å². The molecule has 2 heterocycles. The Labute approximate surface area is 256 Å². The van der Waals surface area contributed by atoms with Crippen molar-refractivity contribution in [3.8, 4) is 11.6 Å². The molecule has 0 atom stereocenters. The predicted octanol–water partition coefficient (Wildman–Crippen LogP) is 8.32. The number of halogens is 2. The number of hydrogen-bond acceptors (Lipinski definition) is 7. The van der Waals surface area contributed by atoms with Crippen molar-refractivity contribution in [3.05, 3.63) is 69.7 Å². The molecule has 41 heavy (non-hydrogen) atoms. The lowest BCUT2D eigenvalue weighted by Gasteiger charge is -2.40. The number of anilines is 1. The van der Waals surface area contributed by atoms with Gasteiger partial charge in [-0.15, -0.1) is 0 Å². The number of amides is 1. The van der Waals surface area contributed by atoms with Crippen LogP contribution in [0, 0.1) is 6.92 Å². The van der Waals surface area contributed by atoms with E-state index in [0.29, 0.717) is 22.5 Å². The fourth-order valence-corrected chi connectivity index (χ4v) is 5.90. The molecule has 0 saturated carbocycles. The zero-order chi connectivity index (χ0) is 29.8. The van der Waals surface area contributed by atoms with E-state index in [-0.39, 0.29) is 5.54 Å². The number of hydrogen-bond donors (Lipinski definition) is 1. The minimum absolute atomic E-state index is 0.342. The van der Waals surface area contributed by atoms with Crippen LogP contribution >= 0.6 is 35.0 Å². The van der Waals surface area contributed by atoms with E-state index in [0.717, 1.165) is 58.4 Å². The van der Waals surface area contributed by atoms with E-state index in [1.807, 2.05) is 64.1 Å². The third-order valence-electron chi connectivity index (χ3n) is 6.77. The summed E-state index contributed by atoms with van der Waals surface area (Å²) in [6, 6.07) is 15.4. The second-order valence-electron chi connectivity index (χ2n) is 11.4. The van der Waals surface area contributed by atoms with E-state index in [1.165, 1.54) is 11.8 Å². The molecule has 1 aliphatic heterocycles. The van der Waals surface area contributed by atoms with Crippen molar-refractivity contribution >= 4 is 46.9 Å². The predicted molar refractivity (Wildman–Crippen MR) is 166 cm³/mol. The molecule has 0 unspecified atom stereocenters. The maximum Gasteiger partial charge on any atom is 0.408 e. The maximum absolute atomic E-state index is 12.4. The molecule has 220 valence electrons. The number of methoxy groups -OCH3 is 1. The number of aromatic nitrogens is 1. The highest BCUT2D eigenvalue weighted by Gasteiger charge is 2.34. The van der Waals surface area contributed by atoms with E-state index in [1.54, 1.807) is 13.2 Å². The van der Waals surface area contributed by atoms with Crippen LogP contribution in [0.5, 0.6) is 11.6 Å². The number of carbonyl (C=O) groups is 1. The van der Waals surface area contributed by atoms with Crippen LogP contribution in [-0.2, 0) is 11.3 Å². The van der Waals surface area contributed by atoms with Crippen molar-refractivity contribution in [1.82, 2.24) is 10.3 Å². The molecule has 10 heteroatoms. The fraction of sp³-hybridized carbons (Fsp3) is 0.419. The maximum atomic E-state index is 12.4. The standard InChI is InChI=1S/C31H37Cl2N3O4S/c1-20-18-25(36-16-14-31(5,15-17-36)35-29(37)40-30(2,3)4)34-28(39-19-21-10-12-22(38-6)13-11-21)27(20)41-24-9-7-8-23(32)26(24)33/h7-13,18H,14-17,19H2,1-6H3,(H,35,37). The van der Waals surface area contributed by atoms with Crippen LogP contribution < -0.4 is 19.7 Å². The minimum Gasteiger partial charge on any atom is -0.497 e. The third kappa shape index (κ3) is 8.37. The van der Waals surface area contributed by atoms with E-state index in [9.17, 15) is 4.79 Å². The molecular formula is C31H37Cl2N3O4S. The van der Waals surface area contributed by atoms with Crippen LogP contribution in [0.15, 0.2) is 58.3 Å². The third-order valence-corrected chi connectivity index (χ3v) is 8.96. The summed E-state index contributed by atoms with van der Waals surface area (Å²) in [6.45, 7) is 11.5. The molecule has 2 aromatic carbocycles. The van der Waals surface area contributed by atoms with Gasteiger partial charge in [-0.05, 0) is 88.9 Å². The molecule has 4 rings (SSSR count). The van der Waals surface area contributed by atoms with Gasteiger partial charge in [-0.3, -0.25) is 0 Å². The summed E-state index contributed by atoms with van der Waals surface area (Å²) in [7, 11) is 1.64. The number of carbonyl (C=O) groups excluding carboxylic acids is 1. The summed E-state index contributed by atoms with van der Waals surface area (Å²) >= 11 is 14.3. The fourth-order valence-electron chi connectivity index (χ4n) is 4.45. The van der Waals surface area contributed by atoms with Gasteiger partial charge in [0.25, 0.3) is 0 Å². The van der Waals surface area contributed by atoms with E-state index in [2.05, 4.69) is 23.2 Å². The Balaban J connectivity index is 1.56. The average Bonchev–Trinajstić information content (AvgIpc) is 2.90. The number of alkyl carbamates (subject to hydrolysis) is 1. The molecule has 7 nitrogen and oxygen atoms in total. The van der Waals surface area contributed by atoms with Gasteiger partial charge in [0.1, 0.15) is 23.8 Å². The second-order valence-corrected chi connectivity index (χ2v) is 13.2. The van der Waals surface area contributed by atoms with Crippen LogP contribution in [0.1, 0.15) is 51.7 Å². The highest BCUT2D eigenvalue weighted by molar-refractivity contribution is 7.99. The molecule has 3 aromatic rings. The lowest BCUT2D eigenvalue weighted by molar-refractivity contribution is 0.0448. The smallest absolute Gasteiger partial charge is 0.408 e. The molecule has 0 spiro atoms. The Morgan fingerprint density at radius 1 is 1.12 bits per heavy atom. The zero-order valence-corrected chi connectivity index (χ0v) is 26.7. The first kappa shape index (κ1) is 31.1. The summed E-state index contributed by atoms with van der Waals surface area (Å²) in [5, 5.41) is 4.06. The van der Waals surface area contributed by atoms with Crippen molar-refractivity contribution in [3.63, 3.8) is 0 Å². The molecule has 0 bridgehead atoms. The van der Waals surface area contributed by atoms with E-state index < -0.39 is 11.7 Å². The van der Waals surface area contributed by atoms with Gasteiger partial charge in [0, 0.05) is 23.5 Å². The highest BCUT2D eigenvalue weighted by atomic mass is 35.5. The van der Waals surface area contributed by atoms with Crippen LogP contribution in [0.25, 0.3) is 0 Å². The Morgan fingerprint density at radius 3 is 2.44 bits per heavy atom. The van der Waals surface area contributed by atoms with Gasteiger partial charge in [-0.1, -0.05) is 53.2 Å². The summed E-state index contributed by atoms with van der Waals surface area (Å²) < 4.78 is 17.1. The van der Waals surface area contributed by atoms with Gasteiger partial charge in [0.15, 0.2) is 0 Å². The van der Waals surface area contributed by atoms with Crippen molar-refractivity contribution in [2.75, 3.05) is 25.1 Å². The van der Waals surface area contributed by atoms with Crippen molar-refractivity contribution < 1.29 is 19.0 Å². The summed E-state index contributed by atoms with van der Waals surface area (Å²) in [6.07, 6.45) is 1.12. The molecule has 1 aromatic heterocycles. The van der Waals surface area contributed by atoms with Crippen molar-refractivity contribution in [2.45, 2.75) is 75.0 Å². The number of nitrogens with one attached hydrogen (secondary N) is 1. The Bertz CT molecular complexity index is 1370.